The number of rotatable bonds is 9. The van der Waals surface area contributed by atoms with Crippen LogP contribution in [0.2, 0.25) is 0 Å². The van der Waals surface area contributed by atoms with Gasteiger partial charge in [0, 0.05) is 44.0 Å². The van der Waals surface area contributed by atoms with Gasteiger partial charge < -0.3 is 10.6 Å². The highest BCUT2D eigenvalue weighted by atomic mass is 32.2. The molecule has 1 saturated heterocycles. The van der Waals surface area contributed by atoms with Crippen LogP contribution >= 0.6 is 11.8 Å². The molecule has 0 radical (unpaired) electrons. The Morgan fingerprint density at radius 3 is 1.87 bits per heavy atom. The van der Waals surface area contributed by atoms with E-state index in [0.717, 1.165) is 28.1 Å². The molecule has 0 aliphatic carbocycles. The zero-order chi connectivity index (χ0) is 27.2. The average Bonchev–Trinajstić information content (AvgIpc) is 2.89. The minimum atomic E-state index is -0.426. The first-order valence-corrected chi connectivity index (χ1v) is 13.5. The first-order chi connectivity index (χ1) is 18.2. The van der Waals surface area contributed by atoms with Crippen molar-refractivity contribution < 1.29 is 18.4 Å². The summed E-state index contributed by atoms with van der Waals surface area (Å²) in [4.78, 5) is 37.1. The van der Waals surface area contributed by atoms with Crippen LogP contribution in [0.25, 0.3) is 0 Å². The molecule has 0 spiro atoms. The Labute approximate surface area is 225 Å². The maximum atomic E-state index is 13.6. The van der Waals surface area contributed by atoms with E-state index < -0.39 is 5.91 Å². The van der Waals surface area contributed by atoms with Crippen LogP contribution in [-0.4, -0.2) is 63.5 Å². The van der Waals surface area contributed by atoms with Crippen LogP contribution in [-0.2, 0) is 16.0 Å². The Balaban J connectivity index is 1.38. The lowest BCUT2D eigenvalue weighted by molar-refractivity contribution is -0.133. The molecular weight excluding hydrogens is 508 g/mol. The molecule has 2 amide bonds. The molecule has 1 fully saturated rings. The number of nitrogens with two attached hydrogens (primary N) is 1. The van der Waals surface area contributed by atoms with Gasteiger partial charge in [-0.25, -0.2) is 18.7 Å². The second-order valence-electron chi connectivity index (χ2n) is 9.33. The number of carbonyl (C=O) groups excluding carboxylic acids is 2. The van der Waals surface area contributed by atoms with Crippen LogP contribution in [0.15, 0.2) is 53.7 Å². The SMILES string of the molecule is Cc1nc(SCC(N)=O)nc(C)c1CCC(=O)N1CCN(C(c2ccc(F)cc2)c2ccc(F)cc2)CC1. The third-order valence-electron chi connectivity index (χ3n) is 6.74. The summed E-state index contributed by atoms with van der Waals surface area (Å²) in [7, 11) is 0. The van der Waals surface area contributed by atoms with E-state index in [4.69, 9.17) is 5.73 Å². The van der Waals surface area contributed by atoms with Crippen LogP contribution in [0, 0.1) is 25.5 Å². The number of aryl methyl sites for hydroxylation is 2. The quantitative estimate of drug-likeness (QED) is 0.328. The van der Waals surface area contributed by atoms with Crippen LogP contribution in [0.4, 0.5) is 8.78 Å². The molecule has 2 aromatic carbocycles. The molecule has 0 atom stereocenters. The monoisotopic (exact) mass is 539 g/mol. The Kier molecular flexibility index (Phi) is 9.06. The van der Waals surface area contributed by atoms with E-state index in [0.29, 0.717) is 44.2 Å². The van der Waals surface area contributed by atoms with Crippen molar-refractivity contribution in [2.45, 2.75) is 37.9 Å². The summed E-state index contributed by atoms with van der Waals surface area (Å²) in [6, 6.07) is 12.6. The number of amides is 2. The molecule has 38 heavy (non-hydrogen) atoms. The molecule has 2 N–H and O–H groups in total. The van der Waals surface area contributed by atoms with Crippen molar-refractivity contribution in [2.24, 2.45) is 5.73 Å². The number of primary amides is 1. The summed E-state index contributed by atoms with van der Waals surface area (Å²) < 4.78 is 27.2. The molecule has 3 aromatic rings. The van der Waals surface area contributed by atoms with Crippen LogP contribution in [0.3, 0.4) is 0 Å². The van der Waals surface area contributed by atoms with Crippen molar-refractivity contribution in [1.82, 2.24) is 19.8 Å². The van der Waals surface area contributed by atoms with Crippen molar-refractivity contribution in [3.8, 4) is 0 Å². The number of nitrogens with zero attached hydrogens (tertiary/aromatic N) is 4. The topological polar surface area (TPSA) is 92.4 Å². The molecule has 1 aliphatic heterocycles. The number of aromatic nitrogens is 2. The summed E-state index contributed by atoms with van der Waals surface area (Å²) in [5.41, 5.74) is 9.57. The molecule has 1 aromatic heterocycles. The fourth-order valence-electron chi connectivity index (χ4n) is 4.79. The number of benzene rings is 2. The van der Waals surface area contributed by atoms with Gasteiger partial charge in [-0.05, 0) is 61.2 Å². The van der Waals surface area contributed by atoms with Gasteiger partial charge in [0.25, 0.3) is 0 Å². The van der Waals surface area contributed by atoms with E-state index in [1.165, 1.54) is 36.0 Å². The lowest BCUT2D eigenvalue weighted by atomic mass is 9.96. The molecule has 7 nitrogen and oxygen atoms in total. The smallest absolute Gasteiger partial charge is 0.227 e. The van der Waals surface area contributed by atoms with Gasteiger partial charge in [0.05, 0.1) is 11.8 Å². The minimum Gasteiger partial charge on any atom is -0.369 e. The van der Waals surface area contributed by atoms with Gasteiger partial charge in [-0.15, -0.1) is 0 Å². The lowest BCUT2D eigenvalue weighted by Crippen LogP contribution is -2.50. The molecular formula is C28H31F2N5O2S. The molecule has 1 aliphatic rings. The molecule has 0 unspecified atom stereocenters. The molecule has 200 valence electrons. The Hall–Kier alpha value is -3.37. The van der Waals surface area contributed by atoms with Crippen molar-refractivity contribution in [3.05, 3.63) is 88.2 Å². The van der Waals surface area contributed by atoms with Crippen molar-refractivity contribution in [2.75, 3.05) is 31.9 Å². The highest BCUT2D eigenvalue weighted by Crippen LogP contribution is 2.30. The predicted octanol–water partition coefficient (Wildman–Crippen LogP) is 3.82. The van der Waals surface area contributed by atoms with Gasteiger partial charge in [-0.1, -0.05) is 36.0 Å². The molecule has 0 saturated carbocycles. The third-order valence-corrected chi connectivity index (χ3v) is 7.61. The summed E-state index contributed by atoms with van der Waals surface area (Å²) in [5, 5.41) is 0.502. The molecule has 2 heterocycles. The van der Waals surface area contributed by atoms with Gasteiger partial charge in [0.15, 0.2) is 5.16 Å². The van der Waals surface area contributed by atoms with Crippen molar-refractivity contribution in [3.63, 3.8) is 0 Å². The van der Waals surface area contributed by atoms with Gasteiger partial charge in [-0.3, -0.25) is 14.5 Å². The fraction of sp³-hybridized carbons (Fsp3) is 0.357. The standard InChI is InChI=1S/C28H31F2N5O2S/c1-18-24(19(2)33-28(32-18)38-17-25(31)36)11-12-26(37)34-13-15-35(16-14-34)27(20-3-7-22(29)8-4-20)21-5-9-23(30)10-6-21/h3-10,27H,11-17H2,1-2H3,(H2,31,36). The van der Waals surface area contributed by atoms with Gasteiger partial charge in [-0.2, -0.15) is 0 Å². The Morgan fingerprint density at radius 1 is 0.895 bits per heavy atom. The molecule has 4 rings (SSSR count). The van der Waals surface area contributed by atoms with E-state index in [2.05, 4.69) is 14.9 Å². The highest BCUT2D eigenvalue weighted by Gasteiger charge is 2.28. The van der Waals surface area contributed by atoms with E-state index in [9.17, 15) is 18.4 Å². The van der Waals surface area contributed by atoms with Crippen LogP contribution < -0.4 is 5.73 Å². The Bertz CT molecular complexity index is 1210. The number of hydrogen-bond donors (Lipinski definition) is 1. The number of hydrogen-bond acceptors (Lipinski definition) is 6. The van der Waals surface area contributed by atoms with Crippen LogP contribution in [0.5, 0.6) is 0 Å². The van der Waals surface area contributed by atoms with Gasteiger partial charge >= 0.3 is 0 Å². The summed E-state index contributed by atoms with van der Waals surface area (Å²) in [6.07, 6.45) is 0.878. The maximum absolute atomic E-state index is 13.6. The summed E-state index contributed by atoms with van der Waals surface area (Å²) in [6.45, 7) is 6.17. The maximum Gasteiger partial charge on any atom is 0.227 e. The summed E-state index contributed by atoms with van der Waals surface area (Å²) in [5.74, 6) is -0.860. The van der Waals surface area contributed by atoms with E-state index in [1.54, 1.807) is 24.3 Å². The average molecular weight is 540 g/mol. The fourth-order valence-corrected chi connectivity index (χ4v) is 5.47. The molecule has 0 bridgehead atoms. The minimum absolute atomic E-state index is 0.0655. The van der Waals surface area contributed by atoms with Crippen molar-refractivity contribution in [1.29, 1.82) is 0 Å². The second kappa shape index (κ2) is 12.4. The zero-order valence-corrected chi connectivity index (χ0v) is 22.3. The first kappa shape index (κ1) is 27.7. The normalized spacial score (nSPS) is 14.2. The van der Waals surface area contributed by atoms with Crippen molar-refractivity contribution >= 4 is 23.6 Å². The number of piperazine rings is 1. The first-order valence-electron chi connectivity index (χ1n) is 12.5. The van der Waals surface area contributed by atoms with E-state index >= 15 is 0 Å². The zero-order valence-electron chi connectivity index (χ0n) is 21.5. The summed E-state index contributed by atoms with van der Waals surface area (Å²) >= 11 is 1.20. The number of thioether (sulfide) groups is 1. The van der Waals surface area contributed by atoms with Gasteiger partial charge in [0.1, 0.15) is 11.6 Å². The van der Waals surface area contributed by atoms with E-state index in [1.807, 2.05) is 18.7 Å². The third kappa shape index (κ3) is 6.93. The predicted molar refractivity (Wildman–Crippen MR) is 143 cm³/mol. The number of halogens is 2. The highest BCUT2D eigenvalue weighted by molar-refractivity contribution is 7.99. The largest absolute Gasteiger partial charge is 0.369 e. The lowest BCUT2D eigenvalue weighted by Gasteiger charge is -2.40. The van der Waals surface area contributed by atoms with E-state index in [-0.39, 0.29) is 29.3 Å². The Morgan fingerprint density at radius 2 is 1.39 bits per heavy atom. The second-order valence-corrected chi connectivity index (χ2v) is 10.3. The molecule has 10 heteroatoms. The van der Waals surface area contributed by atoms with Gasteiger partial charge in [0.2, 0.25) is 11.8 Å². The van der Waals surface area contributed by atoms with Crippen LogP contribution in [0.1, 0.15) is 40.5 Å². The number of carbonyl (C=O) groups is 2.